The third kappa shape index (κ3) is 6.26. The summed E-state index contributed by atoms with van der Waals surface area (Å²) >= 11 is 0. The summed E-state index contributed by atoms with van der Waals surface area (Å²) in [6, 6.07) is -2.23. The van der Waals surface area contributed by atoms with E-state index in [1.165, 1.54) is 6.92 Å². The van der Waals surface area contributed by atoms with Crippen LogP contribution >= 0.6 is 0 Å². The molecule has 8 nitrogen and oxygen atoms in total. The number of carbonyl (C=O) groups excluding carboxylic acids is 1. The number of ether oxygens (including phenoxy) is 1. The largest absolute Gasteiger partial charge is 0.480 e. The molecule has 0 spiro atoms. The van der Waals surface area contributed by atoms with Crippen LogP contribution in [0, 0.1) is 0 Å². The topological polar surface area (TPSA) is 124 Å². The molecule has 0 aromatic heterocycles. The number of azide groups is 1. The van der Waals surface area contributed by atoms with Crippen LogP contribution in [0.3, 0.4) is 0 Å². The normalized spacial score (nSPS) is 14.1. The first-order valence-electron chi connectivity index (χ1n) is 4.94. The van der Waals surface area contributed by atoms with Crippen LogP contribution in [-0.2, 0) is 9.53 Å². The highest BCUT2D eigenvalue weighted by Crippen LogP contribution is 2.08. The molecule has 0 bridgehead atoms. The van der Waals surface area contributed by atoms with Crippen molar-refractivity contribution in [2.75, 3.05) is 0 Å². The van der Waals surface area contributed by atoms with Crippen molar-refractivity contribution in [2.24, 2.45) is 5.11 Å². The zero-order valence-electron chi connectivity index (χ0n) is 10.2. The average molecular weight is 244 g/mol. The molecular weight excluding hydrogens is 228 g/mol. The molecule has 0 fully saturated rings. The van der Waals surface area contributed by atoms with E-state index in [0.717, 1.165) is 0 Å². The van der Waals surface area contributed by atoms with Crippen molar-refractivity contribution in [3.8, 4) is 0 Å². The maximum absolute atomic E-state index is 11.4. The number of hydrogen-bond donors (Lipinski definition) is 2. The summed E-state index contributed by atoms with van der Waals surface area (Å²) in [5.74, 6) is -1.30. The Morgan fingerprint density at radius 1 is 1.47 bits per heavy atom. The summed E-state index contributed by atoms with van der Waals surface area (Å²) in [7, 11) is 0. The fourth-order valence-electron chi connectivity index (χ4n) is 0.971. The van der Waals surface area contributed by atoms with Gasteiger partial charge < -0.3 is 15.2 Å². The van der Waals surface area contributed by atoms with Gasteiger partial charge in [0, 0.05) is 4.91 Å². The predicted molar refractivity (Wildman–Crippen MR) is 59.4 cm³/mol. The van der Waals surface area contributed by atoms with E-state index < -0.39 is 29.7 Å². The quantitative estimate of drug-likeness (QED) is 0.443. The van der Waals surface area contributed by atoms with Crippen LogP contribution in [-0.4, -0.2) is 34.9 Å². The van der Waals surface area contributed by atoms with Crippen LogP contribution < -0.4 is 5.32 Å². The number of carboxylic acids is 1. The average Bonchev–Trinajstić information content (AvgIpc) is 2.11. The number of nitrogens with one attached hydrogen (secondary N) is 1. The van der Waals surface area contributed by atoms with Crippen LogP contribution in [0.2, 0.25) is 0 Å². The smallest absolute Gasteiger partial charge is 0.408 e. The predicted octanol–water partition coefficient (Wildman–Crippen LogP) is 1.66. The van der Waals surface area contributed by atoms with Crippen LogP contribution in [0.4, 0.5) is 4.79 Å². The zero-order chi connectivity index (χ0) is 13.6. The van der Waals surface area contributed by atoms with Crippen LogP contribution in [0.15, 0.2) is 5.11 Å². The summed E-state index contributed by atoms with van der Waals surface area (Å²) in [5.41, 5.74) is 7.48. The molecule has 1 amide bonds. The number of aliphatic carboxylic acids is 1. The molecular formula is C9H16N4O4. The monoisotopic (exact) mass is 244 g/mol. The lowest BCUT2D eigenvalue weighted by atomic mass is 10.1. The number of carboxylic acid groups (broad SMARTS) is 1. The number of nitrogens with zero attached hydrogens (tertiary/aromatic N) is 3. The van der Waals surface area contributed by atoms with E-state index in [1.807, 2.05) is 0 Å². The lowest BCUT2D eigenvalue weighted by Gasteiger charge is -2.23. The number of rotatable bonds is 4. The van der Waals surface area contributed by atoms with E-state index >= 15 is 0 Å². The lowest BCUT2D eigenvalue weighted by Crippen LogP contribution is -2.48. The van der Waals surface area contributed by atoms with Gasteiger partial charge in [0.2, 0.25) is 0 Å². The third-order valence-electron chi connectivity index (χ3n) is 1.65. The van der Waals surface area contributed by atoms with E-state index in [-0.39, 0.29) is 0 Å². The van der Waals surface area contributed by atoms with Gasteiger partial charge in [-0.05, 0) is 26.3 Å². The Kier molecular flexibility index (Phi) is 5.27. The van der Waals surface area contributed by atoms with Gasteiger partial charge >= 0.3 is 12.1 Å². The molecule has 0 saturated heterocycles. The molecule has 17 heavy (non-hydrogen) atoms. The molecule has 2 N–H and O–H groups in total. The summed E-state index contributed by atoms with van der Waals surface area (Å²) in [6.07, 6.45) is -0.870. The molecule has 0 aromatic rings. The van der Waals surface area contributed by atoms with Gasteiger partial charge in [0.1, 0.15) is 11.6 Å². The minimum atomic E-state index is -1.32. The fourth-order valence-corrected chi connectivity index (χ4v) is 0.971. The van der Waals surface area contributed by atoms with Gasteiger partial charge in [-0.2, -0.15) is 0 Å². The molecule has 0 saturated carbocycles. The minimum absolute atomic E-state index is 0.727. The third-order valence-corrected chi connectivity index (χ3v) is 1.65. The van der Waals surface area contributed by atoms with Gasteiger partial charge in [-0.15, -0.1) is 0 Å². The van der Waals surface area contributed by atoms with Crippen molar-refractivity contribution < 1.29 is 19.4 Å². The van der Waals surface area contributed by atoms with E-state index in [1.54, 1.807) is 20.8 Å². The maximum atomic E-state index is 11.4. The first-order valence-corrected chi connectivity index (χ1v) is 4.94. The Bertz CT molecular complexity index is 343. The van der Waals surface area contributed by atoms with Crippen molar-refractivity contribution in [1.29, 1.82) is 0 Å². The second kappa shape index (κ2) is 5.95. The summed E-state index contributed by atoms with van der Waals surface area (Å²) in [4.78, 5) is 24.7. The van der Waals surface area contributed by atoms with Gasteiger partial charge in [-0.3, -0.25) is 0 Å². The number of amides is 1. The Balaban J connectivity index is 4.62. The van der Waals surface area contributed by atoms with E-state index in [4.69, 9.17) is 15.4 Å². The van der Waals surface area contributed by atoms with Gasteiger partial charge in [-0.1, -0.05) is 12.0 Å². The van der Waals surface area contributed by atoms with Crippen molar-refractivity contribution in [3.63, 3.8) is 0 Å². The van der Waals surface area contributed by atoms with Crippen molar-refractivity contribution in [3.05, 3.63) is 10.4 Å². The molecule has 2 atom stereocenters. The summed E-state index contributed by atoms with van der Waals surface area (Å²) in [5, 5.41) is 14.2. The second-order valence-electron chi connectivity index (χ2n) is 4.41. The summed E-state index contributed by atoms with van der Waals surface area (Å²) < 4.78 is 4.90. The van der Waals surface area contributed by atoms with E-state index in [2.05, 4.69) is 15.3 Å². The Hall–Kier alpha value is -1.95. The van der Waals surface area contributed by atoms with Gasteiger partial charge in [0.25, 0.3) is 0 Å². The highest BCUT2D eigenvalue weighted by Gasteiger charge is 2.28. The number of carbonyl (C=O) groups is 2. The van der Waals surface area contributed by atoms with Gasteiger partial charge in [0.05, 0.1) is 6.04 Å². The molecule has 0 aliphatic heterocycles. The first kappa shape index (κ1) is 15.0. The molecule has 2 unspecified atom stereocenters. The fraction of sp³-hybridized carbons (Fsp3) is 0.778. The molecule has 96 valence electrons. The maximum Gasteiger partial charge on any atom is 0.408 e. The standard InChI is InChI=1S/C9H16N4O4/c1-5(12-13-10)6(7(14)15)11-8(16)17-9(2,3)4/h5-6H,1-4H3,(H,11,16)(H,14,15). The van der Waals surface area contributed by atoms with Crippen molar-refractivity contribution >= 4 is 12.1 Å². The first-order chi connectivity index (χ1) is 7.67. The van der Waals surface area contributed by atoms with Crippen LogP contribution in [0.5, 0.6) is 0 Å². The highest BCUT2D eigenvalue weighted by molar-refractivity contribution is 5.80. The molecule has 0 heterocycles. The minimum Gasteiger partial charge on any atom is -0.480 e. The SMILES string of the molecule is CC(N=[N+]=[N-])C(NC(=O)OC(C)(C)C)C(=O)O. The molecule has 0 aliphatic rings. The van der Waals surface area contributed by atoms with Crippen molar-refractivity contribution in [1.82, 2.24) is 5.32 Å². The van der Waals surface area contributed by atoms with Crippen molar-refractivity contribution in [2.45, 2.75) is 45.4 Å². The Morgan fingerprint density at radius 2 is 2.00 bits per heavy atom. The molecule has 0 aliphatic carbocycles. The molecule has 0 radical (unpaired) electrons. The summed E-state index contributed by atoms with van der Waals surface area (Å²) in [6.45, 7) is 6.34. The number of hydrogen-bond acceptors (Lipinski definition) is 4. The van der Waals surface area contributed by atoms with E-state index in [0.29, 0.717) is 0 Å². The second-order valence-corrected chi connectivity index (χ2v) is 4.41. The highest BCUT2D eigenvalue weighted by atomic mass is 16.6. The molecule has 0 aromatic carbocycles. The number of alkyl carbamates (subject to hydrolysis) is 1. The van der Waals surface area contributed by atoms with Crippen LogP contribution in [0.1, 0.15) is 27.7 Å². The Morgan fingerprint density at radius 3 is 2.35 bits per heavy atom. The lowest BCUT2D eigenvalue weighted by molar-refractivity contribution is -0.139. The molecule has 8 heteroatoms. The van der Waals surface area contributed by atoms with Gasteiger partial charge in [0.15, 0.2) is 0 Å². The van der Waals surface area contributed by atoms with E-state index in [9.17, 15) is 9.59 Å². The van der Waals surface area contributed by atoms with Gasteiger partial charge in [-0.25, -0.2) is 9.59 Å². The zero-order valence-corrected chi connectivity index (χ0v) is 10.2. The van der Waals surface area contributed by atoms with Crippen LogP contribution in [0.25, 0.3) is 10.4 Å². The Labute approximate surface area is 98.6 Å². The molecule has 0 rings (SSSR count).